The Morgan fingerprint density at radius 1 is 1.27 bits per heavy atom. The van der Waals surface area contributed by atoms with Crippen molar-refractivity contribution in [2.24, 2.45) is 0 Å². The van der Waals surface area contributed by atoms with Crippen LogP contribution in [0.5, 0.6) is 0 Å². The van der Waals surface area contributed by atoms with E-state index < -0.39 is 17.6 Å². The highest BCUT2D eigenvalue weighted by molar-refractivity contribution is 6.36. The van der Waals surface area contributed by atoms with Crippen LogP contribution in [0.3, 0.4) is 0 Å². The van der Waals surface area contributed by atoms with E-state index in [0.717, 1.165) is 0 Å². The van der Waals surface area contributed by atoms with Crippen LogP contribution in [0.15, 0.2) is 30.0 Å². The van der Waals surface area contributed by atoms with E-state index in [1.165, 1.54) is 18.3 Å². The van der Waals surface area contributed by atoms with Crippen molar-refractivity contribution in [1.82, 2.24) is 10.6 Å². The number of alkyl carbamates (subject to hydrolysis) is 1. The average molecular weight is 399 g/mol. The molecule has 0 aliphatic heterocycles. The number of hydrogen-bond acceptors (Lipinski definition) is 5. The first-order valence-electron chi connectivity index (χ1n) is 7.69. The first-order valence-corrected chi connectivity index (χ1v) is 8.45. The first-order chi connectivity index (χ1) is 12.1. The maximum absolute atomic E-state index is 12.1. The van der Waals surface area contributed by atoms with Gasteiger partial charge in [-0.15, -0.1) is 0 Å². The van der Waals surface area contributed by atoms with Crippen molar-refractivity contribution >= 4 is 40.9 Å². The molecule has 0 aliphatic rings. The van der Waals surface area contributed by atoms with Crippen molar-refractivity contribution in [3.05, 3.63) is 40.0 Å². The monoisotopic (exact) mass is 398 g/mol. The molecule has 0 atom stereocenters. The molecule has 9 heteroatoms. The van der Waals surface area contributed by atoms with E-state index in [1.807, 2.05) is 0 Å². The van der Waals surface area contributed by atoms with Gasteiger partial charge in [0.2, 0.25) is 0 Å². The number of halogens is 2. The number of carbonyl (C=O) groups excluding carboxylic acids is 2. The number of nitrogens with zero attached hydrogens (tertiary/aromatic N) is 1. The van der Waals surface area contributed by atoms with Crippen molar-refractivity contribution < 1.29 is 14.3 Å². The Kier molecular flexibility index (Phi) is 8.23. The van der Waals surface area contributed by atoms with Gasteiger partial charge in [0.05, 0.1) is 10.7 Å². The molecule has 0 radical (unpaired) electrons. The molecule has 0 aromatic heterocycles. The Labute approximate surface area is 162 Å². The zero-order valence-electron chi connectivity index (χ0n) is 14.7. The van der Waals surface area contributed by atoms with Gasteiger partial charge in [0.15, 0.2) is 0 Å². The topological polar surface area (TPSA) is 103 Å². The van der Waals surface area contributed by atoms with Gasteiger partial charge in [-0.05, 0) is 39.0 Å². The van der Waals surface area contributed by atoms with Gasteiger partial charge in [0, 0.05) is 24.3 Å². The van der Waals surface area contributed by atoms with E-state index >= 15 is 0 Å². The van der Waals surface area contributed by atoms with Gasteiger partial charge in [-0.1, -0.05) is 23.2 Å². The summed E-state index contributed by atoms with van der Waals surface area (Å²) in [7, 11) is 0. The molecule has 0 saturated carbocycles. The Morgan fingerprint density at radius 2 is 1.96 bits per heavy atom. The van der Waals surface area contributed by atoms with Crippen molar-refractivity contribution in [2.45, 2.75) is 26.4 Å². The minimum Gasteiger partial charge on any atom is -0.444 e. The Hall–Kier alpha value is -2.43. The molecule has 26 heavy (non-hydrogen) atoms. The van der Waals surface area contributed by atoms with Crippen LogP contribution in [-0.2, 0) is 9.53 Å². The average Bonchev–Trinajstić information content (AvgIpc) is 2.51. The number of ether oxygens (including phenoxy) is 1. The molecule has 3 N–H and O–H groups in total. The van der Waals surface area contributed by atoms with E-state index in [2.05, 4.69) is 16.0 Å². The summed E-state index contributed by atoms with van der Waals surface area (Å²) in [5.74, 6) is -0.621. The molecule has 1 aromatic rings. The van der Waals surface area contributed by atoms with Gasteiger partial charge in [0.1, 0.15) is 17.2 Å². The summed E-state index contributed by atoms with van der Waals surface area (Å²) in [5, 5.41) is 17.6. The molecule has 7 nitrogen and oxygen atoms in total. The Balaban J connectivity index is 2.48. The summed E-state index contributed by atoms with van der Waals surface area (Å²) in [5.41, 5.74) is -0.381. The zero-order valence-corrected chi connectivity index (χ0v) is 16.2. The summed E-state index contributed by atoms with van der Waals surface area (Å²) in [4.78, 5) is 23.6. The van der Waals surface area contributed by atoms with Crippen LogP contribution in [0.25, 0.3) is 0 Å². The van der Waals surface area contributed by atoms with Crippen LogP contribution in [-0.4, -0.2) is 30.7 Å². The Morgan fingerprint density at radius 3 is 2.54 bits per heavy atom. The predicted octanol–water partition coefficient (Wildman–Crippen LogP) is 3.45. The molecule has 1 aromatic carbocycles. The second kappa shape index (κ2) is 9.90. The second-order valence-electron chi connectivity index (χ2n) is 6.13. The lowest BCUT2D eigenvalue weighted by atomic mass is 10.2. The number of carbonyl (C=O) groups is 2. The minimum absolute atomic E-state index is 0.145. The maximum Gasteiger partial charge on any atom is 0.407 e. The van der Waals surface area contributed by atoms with Crippen molar-refractivity contribution in [2.75, 3.05) is 18.4 Å². The number of nitriles is 1. The van der Waals surface area contributed by atoms with Crippen molar-refractivity contribution in [3.63, 3.8) is 0 Å². The molecule has 0 unspecified atom stereocenters. The molecule has 0 saturated heterocycles. The molecule has 0 fully saturated rings. The van der Waals surface area contributed by atoms with Gasteiger partial charge in [-0.25, -0.2) is 4.79 Å². The zero-order chi connectivity index (χ0) is 19.7. The smallest absolute Gasteiger partial charge is 0.407 e. The quantitative estimate of drug-likeness (QED) is 0.386. The van der Waals surface area contributed by atoms with E-state index in [-0.39, 0.29) is 17.1 Å². The lowest BCUT2D eigenvalue weighted by Gasteiger charge is -2.19. The first kappa shape index (κ1) is 21.6. The lowest BCUT2D eigenvalue weighted by Crippen LogP contribution is -2.35. The van der Waals surface area contributed by atoms with Crippen molar-refractivity contribution in [1.29, 1.82) is 5.26 Å². The number of amides is 2. The van der Waals surface area contributed by atoms with Crippen LogP contribution in [0.2, 0.25) is 10.0 Å². The minimum atomic E-state index is -0.621. The normalized spacial score (nSPS) is 11.3. The largest absolute Gasteiger partial charge is 0.444 e. The molecule has 0 heterocycles. The number of hydrogen-bond donors (Lipinski definition) is 3. The molecule has 1 rings (SSSR count). The SMILES string of the molecule is CC(C)(C)OC(=O)NCCN/C=C(/C#N)C(=O)Nc1ccc(Cl)cc1Cl. The van der Waals surface area contributed by atoms with Gasteiger partial charge in [-0.3, -0.25) is 4.79 Å². The molecule has 0 bridgehead atoms. The molecule has 0 spiro atoms. The van der Waals surface area contributed by atoms with Gasteiger partial charge < -0.3 is 20.7 Å². The van der Waals surface area contributed by atoms with Crippen LogP contribution in [0.1, 0.15) is 20.8 Å². The summed E-state index contributed by atoms with van der Waals surface area (Å²) in [6.45, 7) is 5.85. The third kappa shape index (κ3) is 8.10. The third-order valence-corrected chi connectivity index (χ3v) is 3.28. The number of benzene rings is 1. The summed E-state index contributed by atoms with van der Waals surface area (Å²) < 4.78 is 5.08. The van der Waals surface area contributed by atoms with E-state index in [9.17, 15) is 9.59 Å². The van der Waals surface area contributed by atoms with E-state index in [0.29, 0.717) is 17.3 Å². The fourth-order valence-electron chi connectivity index (χ4n) is 1.65. The molecular weight excluding hydrogens is 379 g/mol. The summed E-state index contributed by atoms with van der Waals surface area (Å²) in [6.07, 6.45) is 0.717. The summed E-state index contributed by atoms with van der Waals surface area (Å²) >= 11 is 11.8. The van der Waals surface area contributed by atoms with E-state index in [4.69, 9.17) is 33.2 Å². The van der Waals surface area contributed by atoms with Crippen LogP contribution >= 0.6 is 23.2 Å². The highest BCUT2D eigenvalue weighted by Gasteiger charge is 2.15. The molecular formula is C17H20Cl2N4O3. The van der Waals surface area contributed by atoms with Crippen LogP contribution < -0.4 is 16.0 Å². The van der Waals surface area contributed by atoms with Crippen molar-refractivity contribution in [3.8, 4) is 6.07 Å². The fraction of sp³-hybridized carbons (Fsp3) is 0.353. The maximum atomic E-state index is 12.1. The Bertz CT molecular complexity index is 737. The number of anilines is 1. The molecule has 140 valence electrons. The number of nitrogens with one attached hydrogen (secondary N) is 3. The number of rotatable bonds is 6. The van der Waals surface area contributed by atoms with Gasteiger partial charge in [0.25, 0.3) is 5.91 Å². The van der Waals surface area contributed by atoms with Gasteiger partial charge in [-0.2, -0.15) is 5.26 Å². The van der Waals surface area contributed by atoms with Gasteiger partial charge >= 0.3 is 6.09 Å². The third-order valence-electron chi connectivity index (χ3n) is 2.73. The molecule has 0 aliphatic carbocycles. The highest BCUT2D eigenvalue weighted by atomic mass is 35.5. The van der Waals surface area contributed by atoms with Crippen LogP contribution in [0.4, 0.5) is 10.5 Å². The summed E-state index contributed by atoms with van der Waals surface area (Å²) in [6, 6.07) is 6.38. The van der Waals surface area contributed by atoms with Crippen LogP contribution in [0, 0.1) is 11.3 Å². The van der Waals surface area contributed by atoms with E-state index in [1.54, 1.807) is 32.9 Å². The highest BCUT2D eigenvalue weighted by Crippen LogP contribution is 2.25. The lowest BCUT2D eigenvalue weighted by molar-refractivity contribution is -0.112. The standard InChI is InChI=1S/C17H20Cl2N4O3/c1-17(2,3)26-16(25)22-7-6-21-10-11(9-20)15(24)23-14-5-4-12(18)8-13(14)19/h4-5,8,10,21H,6-7H2,1-3H3,(H,22,25)(H,23,24)/b11-10-. The predicted molar refractivity (Wildman–Crippen MR) is 101 cm³/mol. The second-order valence-corrected chi connectivity index (χ2v) is 6.97. The molecule has 2 amide bonds. The fourth-order valence-corrected chi connectivity index (χ4v) is 2.11.